The summed E-state index contributed by atoms with van der Waals surface area (Å²) in [6.07, 6.45) is 0. The highest BCUT2D eigenvalue weighted by molar-refractivity contribution is 9.10. The molecule has 1 amide bonds. The quantitative estimate of drug-likeness (QED) is 0.730. The first-order chi connectivity index (χ1) is 13.3. The van der Waals surface area contributed by atoms with E-state index in [4.69, 9.17) is 0 Å². The average Bonchev–Trinajstić information content (AvgIpc) is 2.68. The predicted molar refractivity (Wildman–Crippen MR) is 109 cm³/mol. The summed E-state index contributed by atoms with van der Waals surface area (Å²) in [5.41, 5.74) is 0.900. The maximum atomic E-state index is 13.1. The second kappa shape index (κ2) is 8.59. The minimum absolute atomic E-state index is 0.108. The molecule has 1 unspecified atom stereocenters. The van der Waals surface area contributed by atoms with Gasteiger partial charge < -0.3 is 9.80 Å². The molecule has 1 aliphatic rings. The van der Waals surface area contributed by atoms with Crippen LogP contribution in [0, 0.1) is 5.82 Å². The van der Waals surface area contributed by atoms with Gasteiger partial charge in [0.25, 0.3) is 0 Å². The van der Waals surface area contributed by atoms with E-state index >= 15 is 0 Å². The molecule has 0 spiro atoms. The van der Waals surface area contributed by atoms with Crippen molar-refractivity contribution in [1.82, 2.24) is 9.62 Å². The Hall–Kier alpha value is -1.97. The van der Waals surface area contributed by atoms with E-state index in [9.17, 15) is 17.6 Å². The molecule has 0 aliphatic carbocycles. The van der Waals surface area contributed by atoms with Gasteiger partial charge in [0.1, 0.15) is 5.82 Å². The molecule has 0 aromatic heterocycles. The first-order valence-corrected chi connectivity index (χ1v) is 11.1. The topological polar surface area (TPSA) is 69.7 Å². The molecule has 1 aliphatic heterocycles. The second-order valence-electron chi connectivity index (χ2n) is 6.59. The van der Waals surface area contributed by atoms with E-state index in [2.05, 4.69) is 25.6 Å². The van der Waals surface area contributed by atoms with E-state index in [0.717, 1.165) is 10.2 Å². The number of hydrogen-bond donors (Lipinski definition) is 1. The molecule has 1 N–H and O–H groups in total. The van der Waals surface area contributed by atoms with Gasteiger partial charge in [-0.15, -0.1) is 0 Å². The number of carbonyl (C=O) groups excluding carboxylic acids is 1. The second-order valence-corrected chi connectivity index (χ2v) is 9.22. The maximum absolute atomic E-state index is 13.1. The van der Waals surface area contributed by atoms with Crippen molar-refractivity contribution >= 4 is 37.5 Å². The summed E-state index contributed by atoms with van der Waals surface area (Å²) in [7, 11) is -3.78. The fourth-order valence-corrected chi connectivity index (χ4v) is 4.54. The van der Waals surface area contributed by atoms with Crippen molar-refractivity contribution in [2.75, 3.05) is 31.1 Å². The Bertz CT molecular complexity index is 928. The average molecular weight is 470 g/mol. The number of halogens is 2. The Morgan fingerprint density at radius 1 is 1.04 bits per heavy atom. The number of amides is 1. The lowest BCUT2D eigenvalue weighted by Crippen LogP contribution is -2.54. The summed E-state index contributed by atoms with van der Waals surface area (Å²) >= 11 is 3.26. The zero-order valence-corrected chi connectivity index (χ0v) is 17.7. The van der Waals surface area contributed by atoms with Crippen LogP contribution in [0.3, 0.4) is 0 Å². The van der Waals surface area contributed by atoms with E-state index < -0.39 is 16.1 Å². The molecule has 1 saturated heterocycles. The van der Waals surface area contributed by atoms with Crippen LogP contribution in [0.5, 0.6) is 0 Å². The van der Waals surface area contributed by atoms with Crippen LogP contribution >= 0.6 is 15.9 Å². The van der Waals surface area contributed by atoms with Gasteiger partial charge in [-0.1, -0.05) is 15.9 Å². The van der Waals surface area contributed by atoms with Crippen molar-refractivity contribution in [1.29, 1.82) is 0 Å². The minimum atomic E-state index is -3.78. The molecule has 0 radical (unpaired) electrons. The molecular weight excluding hydrogens is 449 g/mol. The van der Waals surface area contributed by atoms with Gasteiger partial charge >= 0.3 is 0 Å². The van der Waals surface area contributed by atoms with Crippen molar-refractivity contribution in [3.63, 3.8) is 0 Å². The molecule has 2 aromatic rings. The monoisotopic (exact) mass is 469 g/mol. The van der Waals surface area contributed by atoms with E-state index in [-0.39, 0.29) is 16.6 Å². The first-order valence-electron chi connectivity index (χ1n) is 8.83. The van der Waals surface area contributed by atoms with Gasteiger partial charge in [0.05, 0.1) is 10.9 Å². The van der Waals surface area contributed by atoms with Crippen LogP contribution in [0.15, 0.2) is 57.9 Å². The number of carbonyl (C=O) groups is 1. The zero-order chi connectivity index (χ0) is 20.3. The molecule has 28 heavy (non-hydrogen) atoms. The number of sulfonamides is 1. The molecule has 2 aromatic carbocycles. The third kappa shape index (κ3) is 4.89. The van der Waals surface area contributed by atoms with Crippen LogP contribution in [-0.4, -0.2) is 51.4 Å². The minimum Gasteiger partial charge on any atom is -0.368 e. The third-order valence-electron chi connectivity index (χ3n) is 4.61. The lowest BCUT2D eigenvalue weighted by molar-refractivity contribution is -0.132. The Morgan fingerprint density at radius 2 is 1.61 bits per heavy atom. The van der Waals surface area contributed by atoms with E-state index in [1.807, 2.05) is 0 Å². The number of nitrogens with zero attached hydrogens (tertiary/aromatic N) is 2. The summed E-state index contributed by atoms with van der Waals surface area (Å²) in [6.45, 7) is 3.69. The molecule has 150 valence electrons. The van der Waals surface area contributed by atoms with Crippen molar-refractivity contribution in [2.45, 2.75) is 17.9 Å². The number of anilines is 1. The fourth-order valence-electron chi connectivity index (χ4n) is 3.08. The maximum Gasteiger partial charge on any atom is 0.241 e. The Morgan fingerprint density at radius 3 is 2.18 bits per heavy atom. The van der Waals surface area contributed by atoms with Gasteiger partial charge in [0.15, 0.2) is 0 Å². The van der Waals surface area contributed by atoms with Gasteiger partial charge in [-0.3, -0.25) is 4.79 Å². The molecule has 6 nitrogen and oxygen atoms in total. The highest BCUT2D eigenvalue weighted by atomic mass is 79.9. The largest absolute Gasteiger partial charge is 0.368 e. The van der Waals surface area contributed by atoms with Crippen molar-refractivity contribution < 1.29 is 17.6 Å². The van der Waals surface area contributed by atoms with Gasteiger partial charge in [-0.05, 0) is 55.5 Å². The van der Waals surface area contributed by atoms with Gasteiger partial charge in [0, 0.05) is 36.3 Å². The van der Waals surface area contributed by atoms with Crippen LogP contribution in [0.4, 0.5) is 10.1 Å². The van der Waals surface area contributed by atoms with Crippen LogP contribution < -0.4 is 9.62 Å². The molecule has 0 saturated carbocycles. The molecule has 3 rings (SSSR count). The Labute approximate surface area is 172 Å². The van der Waals surface area contributed by atoms with Crippen molar-refractivity contribution in [3.05, 3.63) is 58.8 Å². The number of benzene rings is 2. The highest BCUT2D eigenvalue weighted by Gasteiger charge is 2.28. The standard InChI is InChI=1S/C19H21BrFN3O3S/c1-14(22-28(26,27)18-8-2-15(20)3-9-18)19(25)24-12-10-23(11-13-24)17-6-4-16(21)5-7-17/h2-9,14,22H,10-13H2,1H3. The van der Waals surface area contributed by atoms with Gasteiger partial charge in [0.2, 0.25) is 15.9 Å². The highest BCUT2D eigenvalue weighted by Crippen LogP contribution is 2.18. The van der Waals surface area contributed by atoms with Gasteiger partial charge in [-0.2, -0.15) is 4.72 Å². The van der Waals surface area contributed by atoms with E-state index in [1.165, 1.54) is 24.3 Å². The molecule has 1 heterocycles. The van der Waals surface area contributed by atoms with Crippen molar-refractivity contribution in [3.8, 4) is 0 Å². The first kappa shape index (κ1) is 20.8. The van der Waals surface area contributed by atoms with Crippen LogP contribution in [0.2, 0.25) is 0 Å². The van der Waals surface area contributed by atoms with Gasteiger partial charge in [-0.25, -0.2) is 12.8 Å². The molecule has 1 atom stereocenters. The van der Waals surface area contributed by atoms with E-state index in [0.29, 0.717) is 26.2 Å². The fraction of sp³-hybridized carbons (Fsp3) is 0.316. The zero-order valence-electron chi connectivity index (χ0n) is 15.3. The predicted octanol–water partition coefficient (Wildman–Crippen LogP) is 2.60. The number of hydrogen-bond acceptors (Lipinski definition) is 4. The summed E-state index contributed by atoms with van der Waals surface area (Å²) in [6, 6.07) is 11.6. The number of piperazine rings is 1. The van der Waals surface area contributed by atoms with E-state index in [1.54, 1.807) is 36.1 Å². The molecule has 1 fully saturated rings. The third-order valence-corrected chi connectivity index (χ3v) is 6.69. The Kier molecular flexibility index (Phi) is 6.36. The molecule has 9 heteroatoms. The number of nitrogens with one attached hydrogen (secondary N) is 1. The normalized spacial score (nSPS) is 16.1. The smallest absolute Gasteiger partial charge is 0.241 e. The molecule has 0 bridgehead atoms. The van der Waals surface area contributed by atoms with Crippen LogP contribution in [0.1, 0.15) is 6.92 Å². The number of rotatable bonds is 5. The van der Waals surface area contributed by atoms with Crippen LogP contribution in [0.25, 0.3) is 0 Å². The Balaban J connectivity index is 1.58. The van der Waals surface area contributed by atoms with Crippen LogP contribution in [-0.2, 0) is 14.8 Å². The SMILES string of the molecule is CC(NS(=O)(=O)c1ccc(Br)cc1)C(=O)N1CCN(c2ccc(F)cc2)CC1. The summed E-state index contributed by atoms with van der Waals surface area (Å²) in [5, 5.41) is 0. The lowest BCUT2D eigenvalue weighted by Gasteiger charge is -2.37. The molecular formula is C19H21BrFN3O3S. The van der Waals surface area contributed by atoms with Crippen molar-refractivity contribution in [2.24, 2.45) is 0 Å². The summed E-state index contributed by atoms with van der Waals surface area (Å²) < 4.78 is 41.2. The summed E-state index contributed by atoms with van der Waals surface area (Å²) in [4.78, 5) is 16.5. The lowest BCUT2D eigenvalue weighted by atomic mass is 10.2. The summed E-state index contributed by atoms with van der Waals surface area (Å²) in [5.74, 6) is -0.552.